The molecule has 0 saturated carbocycles. The van der Waals surface area contributed by atoms with Gasteiger partial charge in [0.1, 0.15) is 0 Å². The number of piperazine rings is 1. The average molecular weight is 280 g/mol. The Labute approximate surface area is 115 Å². The normalized spacial score (nSPS) is 19.8. The van der Waals surface area contributed by atoms with Crippen LogP contribution in [0.2, 0.25) is 0 Å². The first-order valence-electron chi connectivity index (χ1n) is 6.55. The molecular formula is C11H16N6O3. The highest BCUT2D eigenvalue weighted by molar-refractivity contribution is 5.84. The van der Waals surface area contributed by atoms with Gasteiger partial charge < -0.3 is 20.2 Å². The summed E-state index contributed by atoms with van der Waals surface area (Å²) in [5.74, 6) is -1.09. The maximum atomic E-state index is 12.2. The number of carbonyl (C=O) groups is 2. The Bertz CT molecular complexity index is 518. The van der Waals surface area contributed by atoms with Crippen LogP contribution in [0.5, 0.6) is 0 Å². The molecule has 0 aromatic carbocycles. The Morgan fingerprint density at radius 3 is 2.55 bits per heavy atom. The minimum atomic E-state index is -1.09. The molecule has 108 valence electrons. The van der Waals surface area contributed by atoms with E-state index < -0.39 is 5.97 Å². The Balaban J connectivity index is 1.55. The molecular weight excluding hydrogens is 264 g/mol. The molecule has 0 spiro atoms. The van der Waals surface area contributed by atoms with Crippen LogP contribution in [0.1, 0.15) is 16.5 Å². The van der Waals surface area contributed by atoms with Gasteiger partial charge in [-0.25, -0.2) is 14.3 Å². The van der Waals surface area contributed by atoms with E-state index in [2.05, 4.69) is 15.6 Å². The molecule has 2 fully saturated rings. The Kier molecular flexibility index (Phi) is 3.26. The number of hydrogen-bond acceptors (Lipinski definition) is 5. The van der Waals surface area contributed by atoms with Crippen molar-refractivity contribution in [2.45, 2.75) is 6.04 Å². The predicted octanol–water partition coefficient (Wildman–Crippen LogP) is -1.14. The molecule has 0 atom stereocenters. The lowest BCUT2D eigenvalue weighted by atomic mass is 10.1. The number of carboxylic acids is 1. The summed E-state index contributed by atoms with van der Waals surface area (Å²) < 4.78 is 1.52. The number of carbonyl (C=O) groups excluding carboxylic acids is 1. The fourth-order valence-electron chi connectivity index (χ4n) is 2.39. The van der Waals surface area contributed by atoms with Gasteiger partial charge >= 0.3 is 12.0 Å². The van der Waals surface area contributed by atoms with E-state index in [1.807, 2.05) is 4.90 Å². The van der Waals surface area contributed by atoms with Crippen LogP contribution in [-0.2, 0) is 0 Å². The van der Waals surface area contributed by atoms with E-state index in [9.17, 15) is 9.59 Å². The maximum absolute atomic E-state index is 12.2. The summed E-state index contributed by atoms with van der Waals surface area (Å²) in [6.45, 7) is 4.21. The number of amides is 2. The summed E-state index contributed by atoms with van der Waals surface area (Å²) >= 11 is 0. The number of nitrogens with zero attached hydrogens (tertiary/aromatic N) is 5. The first-order valence-corrected chi connectivity index (χ1v) is 6.55. The van der Waals surface area contributed by atoms with Crippen molar-refractivity contribution in [2.24, 2.45) is 0 Å². The van der Waals surface area contributed by atoms with Crippen molar-refractivity contribution < 1.29 is 14.7 Å². The number of hydrogen-bond donors (Lipinski definition) is 2. The number of aromatic nitrogens is 3. The minimum Gasteiger partial charge on any atom is -0.476 e. The third-order valence-corrected chi connectivity index (χ3v) is 3.62. The van der Waals surface area contributed by atoms with Crippen LogP contribution in [0, 0.1) is 0 Å². The lowest BCUT2D eigenvalue weighted by Gasteiger charge is -2.42. The van der Waals surface area contributed by atoms with Crippen molar-refractivity contribution in [3.63, 3.8) is 0 Å². The summed E-state index contributed by atoms with van der Waals surface area (Å²) in [5.41, 5.74) is -0.0723. The first-order chi connectivity index (χ1) is 9.65. The van der Waals surface area contributed by atoms with E-state index in [0.717, 1.165) is 26.2 Å². The van der Waals surface area contributed by atoms with Crippen molar-refractivity contribution in [1.82, 2.24) is 30.1 Å². The summed E-state index contributed by atoms with van der Waals surface area (Å²) in [5, 5.41) is 19.3. The number of nitrogens with one attached hydrogen (secondary N) is 1. The lowest BCUT2D eigenvalue weighted by molar-refractivity contribution is 0.0689. The minimum absolute atomic E-state index is 0.0162. The molecule has 0 unspecified atom stereocenters. The third kappa shape index (κ3) is 2.31. The molecule has 0 bridgehead atoms. The zero-order chi connectivity index (χ0) is 14.1. The van der Waals surface area contributed by atoms with Crippen LogP contribution in [0.25, 0.3) is 0 Å². The SMILES string of the molecule is O=C(O)c1cn(C2CN(C(=O)N3CCNCC3)C2)nn1. The molecule has 20 heavy (non-hydrogen) atoms. The molecule has 0 aliphatic carbocycles. The van der Waals surface area contributed by atoms with Crippen LogP contribution in [0.3, 0.4) is 0 Å². The van der Waals surface area contributed by atoms with Gasteiger partial charge in [0, 0.05) is 39.3 Å². The standard InChI is InChI=1S/C11H16N6O3/c18-10(19)9-7-17(14-13-9)8-5-16(6-8)11(20)15-3-1-12-2-4-15/h7-8,12H,1-6H2,(H,18,19). The molecule has 2 aliphatic heterocycles. The first kappa shape index (κ1) is 12.9. The Hall–Kier alpha value is -2.16. The molecule has 0 radical (unpaired) electrons. The van der Waals surface area contributed by atoms with Gasteiger partial charge in [0.2, 0.25) is 0 Å². The van der Waals surface area contributed by atoms with Gasteiger partial charge in [-0.1, -0.05) is 5.21 Å². The van der Waals surface area contributed by atoms with Crippen LogP contribution in [0.15, 0.2) is 6.20 Å². The Morgan fingerprint density at radius 1 is 1.25 bits per heavy atom. The highest BCUT2D eigenvalue weighted by Crippen LogP contribution is 2.21. The van der Waals surface area contributed by atoms with E-state index in [0.29, 0.717) is 13.1 Å². The summed E-state index contributed by atoms with van der Waals surface area (Å²) in [4.78, 5) is 26.5. The molecule has 2 saturated heterocycles. The van der Waals surface area contributed by atoms with Crippen molar-refractivity contribution in [3.05, 3.63) is 11.9 Å². The van der Waals surface area contributed by atoms with Crippen LogP contribution in [-0.4, -0.2) is 81.2 Å². The van der Waals surface area contributed by atoms with Crippen molar-refractivity contribution in [1.29, 1.82) is 0 Å². The zero-order valence-electron chi connectivity index (χ0n) is 10.9. The van der Waals surface area contributed by atoms with Gasteiger partial charge in [-0.05, 0) is 0 Å². The largest absolute Gasteiger partial charge is 0.476 e. The topological polar surface area (TPSA) is 104 Å². The molecule has 9 heteroatoms. The summed E-state index contributed by atoms with van der Waals surface area (Å²) in [6, 6.07) is 0.0591. The van der Waals surface area contributed by atoms with E-state index in [1.165, 1.54) is 10.9 Å². The van der Waals surface area contributed by atoms with Crippen LogP contribution < -0.4 is 5.32 Å². The second-order valence-electron chi connectivity index (χ2n) is 4.97. The smallest absolute Gasteiger partial charge is 0.358 e. The fraction of sp³-hybridized carbons (Fsp3) is 0.636. The van der Waals surface area contributed by atoms with Gasteiger partial charge in [0.25, 0.3) is 0 Å². The van der Waals surface area contributed by atoms with Gasteiger partial charge in [0.15, 0.2) is 5.69 Å². The molecule has 9 nitrogen and oxygen atoms in total. The van der Waals surface area contributed by atoms with Crippen molar-refractivity contribution in [2.75, 3.05) is 39.3 Å². The fourth-order valence-corrected chi connectivity index (χ4v) is 2.39. The third-order valence-electron chi connectivity index (χ3n) is 3.62. The van der Waals surface area contributed by atoms with Gasteiger partial charge in [-0.3, -0.25) is 0 Å². The van der Waals surface area contributed by atoms with Crippen LogP contribution >= 0.6 is 0 Å². The van der Waals surface area contributed by atoms with Gasteiger partial charge in [-0.15, -0.1) is 5.10 Å². The van der Waals surface area contributed by atoms with Gasteiger partial charge in [-0.2, -0.15) is 0 Å². The van der Waals surface area contributed by atoms with E-state index in [4.69, 9.17) is 5.11 Å². The average Bonchev–Trinajstić information content (AvgIpc) is 2.87. The number of rotatable bonds is 2. The molecule has 2 N–H and O–H groups in total. The molecule has 1 aromatic heterocycles. The second kappa shape index (κ2) is 5.08. The predicted molar refractivity (Wildman–Crippen MR) is 67.4 cm³/mol. The van der Waals surface area contributed by atoms with E-state index in [1.54, 1.807) is 4.90 Å². The quantitative estimate of drug-likeness (QED) is 0.709. The van der Waals surface area contributed by atoms with E-state index in [-0.39, 0.29) is 17.8 Å². The number of aromatic carboxylic acids is 1. The number of urea groups is 1. The summed E-state index contributed by atoms with van der Waals surface area (Å²) in [6.07, 6.45) is 1.40. The molecule has 1 aromatic rings. The maximum Gasteiger partial charge on any atom is 0.358 e. The van der Waals surface area contributed by atoms with E-state index >= 15 is 0 Å². The molecule has 2 aliphatic rings. The van der Waals surface area contributed by atoms with Crippen molar-refractivity contribution >= 4 is 12.0 Å². The second-order valence-corrected chi connectivity index (χ2v) is 4.97. The number of carboxylic acid groups (broad SMARTS) is 1. The highest BCUT2D eigenvalue weighted by Gasteiger charge is 2.35. The Morgan fingerprint density at radius 2 is 1.95 bits per heavy atom. The molecule has 3 rings (SSSR count). The van der Waals surface area contributed by atoms with Gasteiger partial charge in [0.05, 0.1) is 12.2 Å². The highest BCUT2D eigenvalue weighted by atomic mass is 16.4. The summed E-state index contributed by atoms with van der Waals surface area (Å²) in [7, 11) is 0. The molecule has 3 heterocycles. The monoisotopic (exact) mass is 280 g/mol. The van der Waals surface area contributed by atoms with Crippen LogP contribution in [0.4, 0.5) is 4.79 Å². The molecule has 2 amide bonds. The lowest BCUT2D eigenvalue weighted by Crippen LogP contribution is -2.58. The number of likely N-dealkylation sites (tertiary alicyclic amines) is 1. The van der Waals surface area contributed by atoms with Crippen molar-refractivity contribution in [3.8, 4) is 0 Å². The zero-order valence-corrected chi connectivity index (χ0v) is 10.9.